The summed E-state index contributed by atoms with van der Waals surface area (Å²) in [6.45, 7) is 0.667. The monoisotopic (exact) mass is 367 g/mol. The van der Waals surface area contributed by atoms with E-state index < -0.39 is 23.8 Å². The normalized spacial score (nSPS) is 15.9. The van der Waals surface area contributed by atoms with Crippen LogP contribution in [0.5, 0.6) is 0 Å². The average Bonchev–Trinajstić information content (AvgIpc) is 3.12. The van der Waals surface area contributed by atoms with E-state index in [4.69, 9.17) is 5.11 Å². The Morgan fingerprint density at radius 3 is 2.42 bits per heavy atom. The molecule has 6 nitrogen and oxygen atoms in total. The van der Waals surface area contributed by atoms with Gasteiger partial charge < -0.3 is 10.0 Å². The lowest BCUT2D eigenvalue weighted by atomic mass is 9.96. The SMILES string of the molecule is O=C(O)C1CCN(C(=O)c2cccc(-n3ccc(C(F)(F)F)n3)c2)CC1. The summed E-state index contributed by atoms with van der Waals surface area (Å²) in [6, 6.07) is 7.04. The highest BCUT2D eigenvalue weighted by atomic mass is 19.4. The van der Waals surface area contributed by atoms with Gasteiger partial charge in [-0.1, -0.05) is 6.07 Å². The second-order valence-corrected chi connectivity index (χ2v) is 6.10. The molecule has 2 heterocycles. The van der Waals surface area contributed by atoms with Crippen LogP contribution >= 0.6 is 0 Å². The van der Waals surface area contributed by atoms with Crippen molar-refractivity contribution in [3.63, 3.8) is 0 Å². The Balaban J connectivity index is 1.76. The fourth-order valence-corrected chi connectivity index (χ4v) is 2.91. The predicted molar refractivity (Wildman–Crippen MR) is 84.8 cm³/mol. The second kappa shape index (κ2) is 6.81. The van der Waals surface area contributed by atoms with Crippen molar-refractivity contribution in [1.82, 2.24) is 14.7 Å². The van der Waals surface area contributed by atoms with Crippen LogP contribution in [0.15, 0.2) is 36.5 Å². The van der Waals surface area contributed by atoms with Gasteiger partial charge >= 0.3 is 12.1 Å². The molecule has 26 heavy (non-hydrogen) atoms. The molecule has 0 aliphatic carbocycles. The number of nitrogens with zero attached hydrogens (tertiary/aromatic N) is 3. The number of carboxylic acids is 1. The Bertz CT molecular complexity index is 824. The van der Waals surface area contributed by atoms with Gasteiger partial charge in [-0.3, -0.25) is 9.59 Å². The summed E-state index contributed by atoms with van der Waals surface area (Å²) in [5, 5.41) is 12.5. The van der Waals surface area contributed by atoms with Crippen LogP contribution in [0.3, 0.4) is 0 Å². The number of alkyl halides is 3. The number of amides is 1. The number of halogens is 3. The molecule has 1 aromatic carbocycles. The lowest BCUT2D eigenvalue weighted by molar-refractivity contribution is -0.143. The summed E-state index contributed by atoms with van der Waals surface area (Å²) in [5.41, 5.74) is -0.350. The van der Waals surface area contributed by atoms with Gasteiger partial charge in [-0.15, -0.1) is 0 Å². The zero-order chi connectivity index (χ0) is 18.9. The molecule has 0 saturated carbocycles. The van der Waals surface area contributed by atoms with Gasteiger partial charge in [0.15, 0.2) is 5.69 Å². The zero-order valence-electron chi connectivity index (χ0n) is 13.6. The van der Waals surface area contributed by atoms with Crippen molar-refractivity contribution in [3.05, 3.63) is 47.8 Å². The van der Waals surface area contributed by atoms with Gasteiger partial charge in [-0.05, 0) is 37.1 Å². The number of hydrogen-bond acceptors (Lipinski definition) is 3. The minimum atomic E-state index is -4.53. The molecule has 1 fully saturated rings. The lowest BCUT2D eigenvalue weighted by Crippen LogP contribution is -2.40. The summed E-state index contributed by atoms with van der Waals surface area (Å²) in [7, 11) is 0. The van der Waals surface area contributed by atoms with Crippen molar-refractivity contribution in [2.24, 2.45) is 5.92 Å². The molecule has 1 aliphatic rings. The van der Waals surface area contributed by atoms with Crippen LogP contribution in [0.2, 0.25) is 0 Å². The Kier molecular flexibility index (Phi) is 4.71. The number of hydrogen-bond donors (Lipinski definition) is 1. The number of piperidine rings is 1. The van der Waals surface area contributed by atoms with Crippen LogP contribution in [0.4, 0.5) is 13.2 Å². The molecule has 1 N–H and O–H groups in total. The number of aromatic nitrogens is 2. The molecule has 3 rings (SSSR count). The van der Waals surface area contributed by atoms with Gasteiger partial charge in [0.25, 0.3) is 5.91 Å². The first kappa shape index (κ1) is 18.0. The van der Waals surface area contributed by atoms with E-state index in [1.54, 1.807) is 23.1 Å². The quantitative estimate of drug-likeness (QED) is 0.905. The molecule has 0 bridgehead atoms. The summed E-state index contributed by atoms with van der Waals surface area (Å²) in [4.78, 5) is 25.1. The summed E-state index contributed by atoms with van der Waals surface area (Å²) in [5.74, 6) is -1.59. The van der Waals surface area contributed by atoms with E-state index in [-0.39, 0.29) is 5.91 Å². The number of benzene rings is 1. The van der Waals surface area contributed by atoms with E-state index in [9.17, 15) is 22.8 Å². The topological polar surface area (TPSA) is 75.4 Å². The van der Waals surface area contributed by atoms with Crippen molar-refractivity contribution < 1.29 is 27.9 Å². The molecule has 0 spiro atoms. The molecule has 2 aromatic rings. The van der Waals surface area contributed by atoms with Gasteiger partial charge in [0.2, 0.25) is 0 Å². The number of carbonyl (C=O) groups is 2. The second-order valence-electron chi connectivity index (χ2n) is 6.10. The largest absolute Gasteiger partial charge is 0.481 e. The average molecular weight is 367 g/mol. The van der Waals surface area contributed by atoms with E-state index >= 15 is 0 Å². The van der Waals surface area contributed by atoms with Crippen LogP contribution in [0.1, 0.15) is 28.9 Å². The standard InChI is InChI=1S/C17H16F3N3O3/c18-17(19,20)14-6-9-23(21-14)13-3-1-2-12(10-13)15(24)22-7-4-11(5-8-22)16(25)26/h1-3,6,9-11H,4-5,7-8H2,(H,25,26). The first-order chi connectivity index (χ1) is 12.3. The Morgan fingerprint density at radius 2 is 1.85 bits per heavy atom. The minimum Gasteiger partial charge on any atom is -0.481 e. The zero-order valence-corrected chi connectivity index (χ0v) is 13.6. The van der Waals surface area contributed by atoms with Gasteiger partial charge in [0, 0.05) is 24.8 Å². The Labute approximate surface area is 146 Å². The molecule has 0 unspecified atom stereocenters. The highest BCUT2D eigenvalue weighted by molar-refractivity contribution is 5.95. The molecule has 0 atom stereocenters. The predicted octanol–water partition coefficient (Wildman–Crippen LogP) is 2.83. The fraction of sp³-hybridized carbons (Fsp3) is 0.353. The lowest BCUT2D eigenvalue weighted by Gasteiger charge is -2.30. The highest BCUT2D eigenvalue weighted by Crippen LogP contribution is 2.28. The molecule has 9 heteroatoms. The minimum absolute atomic E-state index is 0.279. The Morgan fingerprint density at radius 1 is 1.15 bits per heavy atom. The summed E-state index contributed by atoms with van der Waals surface area (Å²) < 4.78 is 39.1. The highest BCUT2D eigenvalue weighted by Gasteiger charge is 2.33. The van der Waals surface area contributed by atoms with E-state index in [2.05, 4.69) is 5.10 Å². The molecule has 1 saturated heterocycles. The first-order valence-electron chi connectivity index (χ1n) is 8.01. The van der Waals surface area contributed by atoms with Crippen LogP contribution in [0.25, 0.3) is 5.69 Å². The van der Waals surface area contributed by atoms with Crippen molar-refractivity contribution in [1.29, 1.82) is 0 Å². The number of aliphatic carboxylic acids is 1. The molecular formula is C17H16F3N3O3. The molecule has 1 aromatic heterocycles. The van der Waals surface area contributed by atoms with Gasteiger partial charge in [0.05, 0.1) is 11.6 Å². The molecule has 1 amide bonds. The van der Waals surface area contributed by atoms with Crippen LogP contribution in [-0.2, 0) is 11.0 Å². The smallest absolute Gasteiger partial charge is 0.435 e. The van der Waals surface area contributed by atoms with Crippen LogP contribution in [-0.4, -0.2) is 44.8 Å². The van der Waals surface area contributed by atoms with Crippen molar-refractivity contribution in [2.75, 3.05) is 13.1 Å². The Hall–Kier alpha value is -2.84. The maximum atomic E-state index is 12.7. The third-order valence-electron chi connectivity index (χ3n) is 4.37. The van der Waals surface area contributed by atoms with E-state index in [1.165, 1.54) is 12.3 Å². The van der Waals surface area contributed by atoms with Gasteiger partial charge in [-0.25, -0.2) is 4.68 Å². The molecule has 138 valence electrons. The van der Waals surface area contributed by atoms with Crippen LogP contribution < -0.4 is 0 Å². The van der Waals surface area contributed by atoms with E-state index in [0.29, 0.717) is 37.2 Å². The first-order valence-corrected chi connectivity index (χ1v) is 8.01. The van der Waals surface area contributed by atoms with Gasteiger partial charge in [0.1, 0.15) is 0 Å². The maximum absolute atomic E-state index is 12.7. The number of carboxylic acid groups (broad SMARTS) is 1. The van der Waals surface area contributed by atoms with Crippen molar-refractivity contribution >= 4 is 11.9 Å². The van der Waals surface area contributed by atoms with Crippen LogP contribution in [0, 0.1) is 5.92 Å². The van der Waals surface area contributed by atoms with E-state index in [1.807, 2.05) is 0 Å². The van der Waals surface area contributed by atoms with E-state index in [0.717, 1.165) is 10.7 Å². The summed E-state index contributed by atoms with van der Waals surface area (Å²) >= 11 is 0. The maximum Gasteiger partial charge on any atom is 0.435 e. The summed E-state index contributed by atoms with van der Waals surface area (Å²) in [6.07, 6.45) is -2.58. The molecule has 0 radical (unpaired) electrons. The third kappa shape index (κ3) is 3.71. The van der Waals surface area contributed by atoms with Gasteiger partial charge in [-0.2, -0.15) is 18.3 Å². The van der Waals surface area contributed by atoms with Crippen molar-refractivity contribution in [2.45, 2.75) is 19.0 Å². The third-order valence-corrected chi connectivity index (χ3v) is 4.37. The molecular weight excluding hydrogens is 351 g/mol. The number of rotatable bonds is 3. The number of carbonyl (C=O) groups excluding carboxylic acids is 1. The number of likely N-dealkylation sites (tertiary alicyclic amines) is 1. The molecule has 1 aliphatic heterocycles. The fourth-order valence-electron chi connectivity index (χ4n) is 2.91. The van der Waals surface area contributed by atoms with Crippen molar-refractivity contribution in [3.8, 4) is 5.69 Å².